The van der Waals surface area contributed by atoms with Gasteiger partial charge in [0.15, 0.2) is 0 Å². The molecule has 0 fully saturated rings. The number of benzene rings is 1. The van der Waals surface area contributed by atoms with Crippen LogP contribution in [0.1, 0.15) is 92.6 Å². The van der Waals surface area contributed by atoms with Crippen molar-refractivity contribution in [2.45, 2.75) is 105 Å². The van der Waals surface area contributed by atoms with Crippen LogP contribution in [0.2, 0.25) is 0 Å². The molecule has 0 aliphatic heterocycles. The van der Waals surface area contributed by atoms with Crippen molar-refractivity contribution in [3.63, 3.8) is 0 Å². The molecule has 3 unspecified atom stereocenters. The maximum atomic E-state index is 13.6. The van der Waals surface area contributed by atoms with Gasteiger partial charge < -0.3 is 21.2 Å². The number of carbonyl (C=O) groups is 1. The third-order valence-electron chi connectivity index (χ3n) is 5.56. The highest BCUT2D eigenvalue weighted by Gasteiger charge is 2.10. The SMILES string of the molecule is C=C.C=C(CC(C)CCCC)NC(C)Cc1ccccc1F.C=CNC(C)C=O.CCC(C)CC.CN. The molecule has 0 spiro atoms. The summed E-state index contributed by atoms with van der Waals surface area (Å²) in [7, 11) is 1.50. The lowest BCUT2D eigenvalue weighted by molar-refractivity contribution is -0.109. The van der Waals surface area contributed by atoms with Gasteiger partial charge in [-0.25, -0.2) is 4.39 Å². The van der Waals surface area contributed by atoms with Gasteiger partial charge in [0.1, 0.15) is 12.1 Å². The van der Waals surface area contributed by atoms with Crippen molar-refractivity contribution < 1.29 is 9.18 Å². The molecule has 0 radical (unpaired) electrons. The highest BCUT2D eigenvalue weighted by atomic mass is 19.1. The number of unbranched alkanes of at least 4 members (excludes halogenated alkanes) is 1. The lowest BCUT2D eigenvalue weighted by Crippen LogP contribution is -2.28. The second kappa shape index (κ2) is 31.6. The summed E-state index contributed by atoms with van der Waals surface area (Å²) in [6.45, 7) is 28.5. The van der Waals surface area contributed by atoms with Crippen LogP contribution in [-0.4, -0.2) is 25.4 Å². The van der Waals surface area contributed by atoms with Crippen LogP contribution >= 0.6 is 0 Å². The zero-order chi connectivity index (χ0) is 29.6. The fourth-order valence-electron chi connectivity index (χ4n) is 3.04. The molecule has 1 rings (SSSR count). The number of nitrogens with two attached hydrogens (primary N) is 1. The van der Waals surface area contributed by atoms with E-state index in [1.165, 1.54) is 51.4 Å². The van der Waals surface area contributed by atoms with Crippen molar-refractivity contribution in [1.29, 1.82) is 0 Å². The van der Waals surface area contributed by atoms with Gasteiger partial charge in [0.05, 0.1) is 6.04 Å². The van der Waals surface area contributed by atoms with E-state index in [1.807, 2.05) is 12.1 Å². The van der Waals surface area contributed by atoms with Gasteiger partial charge in [-0.3, -0.25) is 0 Å². The molecule has 4 nitrogen and oxygen atoms in total. The van der Waals surface area contributed by atoms with Crippen molar-refractivity contribution in [1.82, 2.24) is 10.6 Å². The summed E-state index contributed by atoms with van der Waals surface area (Å²) >= 11 is 0. The highest BCUT2D eigenvalue weighted by Crippen LogP contribution is 2.16. The van der Waals surface area contributed by atoms with Crippen LogP contribution in [-0.2, 0) is 11.2 Å². The van der Waals surface area contributed by atoms with Crippen LogP contribution in [0.25, 0.3) is 0 Å². The first-order chi connectivity index (χ1) is 17.6. The molecule has 37 heavy (non-hydrogen) atoms. The molecule has 3 atom stereocenters. The normalized spacial score (nSPS) is 11.6. The van der Waals surface area contributed by atoms with Crippen molar-refractivity contribution in [2.75, 3.05) is 7.05 Å². The number of aldehydes is 1. The van der Waals surface area contributed by atoms with Crippen LogP contribution in [0.4, 0.5) is 4.39 Å². The summed E-state index contributed by atoms with van der Waals surface area (Å²) in [5, 5.41) is 6.09. The lowest BCUT2D eigenvalue weighted by atomic mass is 9.98. The van der Waals surface area contributed by atoms with Gasteiger partial charge in [0.25, 0.3) is 0 Å². The van der Waals surface area contributed by atoms with E-state index in [1.54, 1.807) is 13.0 Å². The average molecular weight is 522 g/mol. The molecule has 216 valence electrons. The van der Waals surface area contributed by atoms with Crippen molar-refractivity contribution in [3.05, 3.63) is 73.9 Å². The molecule has 0 saturated heterocycles. The topological polar surface area (TPSA) is 67.1 Å². The van der Waals surface area contributed by atoms with E-state index in [0.717, 1.165) is 29.9 Å². The Morgan fingerprint density at radius 3 is 1.95 bits per heavy atom. The third kappa shape index (κ3) is 29.7. The van der Waals surface area contributed by atoms with Gasteiger partial charge >= 0.3 is 0 Å². The lowest BCUT2D eigenvalue weighted by Gasteiger charge is -2.20. The summed E-state index contributed by atoms with van der Waals surface area (Å²) in [5.74, 6) is 1.48. The molecule has 0 aliphatic carbocycles. The van der Waals surface area contributed by atoms with Crippen LogP contribution in [0.5, 0.6) is 0 Å². The van der Waals surface area contributed by atoms with Crippen molar-refractivity contribution in [3.8, 4) is 0 Å². The van der Waals surface area contributed by atoms with Gasteiger partial charge in [0, 0.05) is 11.7 Å². The molecule has 0 heterocycles. The van der Waals surface area contributed by atoms with E-state index >= 15 is 0 Å². The maximum Gasteiger partial charge on any atom is 0.141 e. The second-order valence-corrected chi connectivity index (χ2v) is 9.11. The number of carbonyl (C=O) groups excluding carboxylic acids is 1. The standard InChI is InChI=1S/C18H28FN.C6H14.C5H9NO.C2H4.CH5N/c1-5-6-9-14(2)12-15(3)20-16(4)13-17-10-7-8-11-18(17)19;1-4-6(3)5-2;1-3-6-5(2)4-7;2*1-2/h7-8,10-11,14,16,20H,3,5-6,9,12-13H2,1-2,4H3;6H,4-5H2,1-3H3;3-6H,1H2,2H3;1-2H2;2H2,1H3. The third-order valence-corrected chi connectivity index (χ3v) is 5.56. The van der Waals surface area contributed by atoms with E-state index in [0.29, 0.717) is 12.3 Å². The highest BCUT2D eigenvalue weighted by molar-refractivity contribution is 5.56. The zero-order valence-electron chi connectivity index (χ0n) is 25.4. The van der Waals surface area contributed by atoms with Gasteiger partial charge in [-0.15, -0.1) is 13.2 Å². The number of hydrogen-bond donors (Lipinski definition) is 3. The minimum Gasteiger partial charge on any atom is -0.386 e. The first-order valence-electron chi connectivity index (χ1n) is 13.7. The number of nitrogens with one attached hydrogen (secondary N) is 2. The van der Waals surface area contributed by atoms with Crippen molar-refractivity contribution >= 4 is 6.29 Å². The molecule has 5 heteroatoms. The Balaban J connectivity index is -0.000000263. The Bertz CT molecular complexity index is 647. The van der Waals surface area contributed by atoms with Gasteiger partial charge in [-0.2, -0.15) is 0 Å². The van der Waals surface area contributed by atoms with E-state index in [-0.39, 0.29) is 17.9 Å². The van der Waals surface area contributed by atoms with E-state index < -0.39 is 0 Å². The number of halogens is 1. The molecule has 0 amide bonds. The molecular weight excluding hydrogens is 461 g/mol. The fourth-order valence-corrected chi connectivity index (χ4v) is 3.04. The van der Waals surface area contributed by atoms with E-state index in [9.17, 15) is 9.18 Å². The summed E-state index contributed by atoms with van der Waals surface area (Å²) < 4.78 is 13.6. The molecule has 0 bridgehead atoms. The molecule has 4 N–H and O–H groups in total. The number of hydrogen-bond acceptors (Lipinski definition) is 4. The number of allylic oxidation sites excluding steroid dienone is 1. The predicted molar refractivity (Wildman–Crippen MR) is 165 cm³/mol. The smallest absolute Gasteiger partial charge is 0.141 e. The Kier molecular flexibility index (Phi) is 35.7. The molecule has 1 aromatic rings. The van der Waals surface area contributed by atoms with Crippen LogP contribution in [0.15, 0.2) is 62.5 Å². The van der Waals surface area contributed by atoms with E-state index in [4.69, 9.17) is 0 Å². The summed E-state index contributed by atoms with van der Waals surface area (Å²) in [4.78, 5) is 9.78. The van der Waals surface area contributed by atoms with Crippen LogP contribution in [0, 0.1) is 17.7 Å². The quantitative estimate of drug-likeness (QED) is 0.170. The first-order valence-corrected chi connectivity index (χ1v) is 13.7. The summed E-state index contributed by atoms with van der Waals surface area (Å²) in [6.07, 6.45) is 10.4. The predicted octanol–water partition coefficient (Wildman–Crippen LogP) is 8.20. The van der Waals surface area contributed by atoms with Crippen LogP contribution in [0.3, 0.4) is 0 Å². The van der Waals surface area contributed by atoms with Crippen LogP contribution < -0.4 is 16.4 Å². The van der Waals surface area contributed by atoms with Crippen molar-refractivity contribution in [2.24, 2.45) is 17.6 Å². The average Bonchev–Trinajstić information content (AvgIpc) is 2.91. The fraction of sp³-hybridized carbons (Fsp3) is 0.594. The van der Waals surface area contributed by atoms with Gasteiger partial charge in [-0.1, -0.05) is 98.1 Å². The first kappa shape index (κ1) is 41.7. The Morgan fingerprint density at radius 1 is 1.03 bits per heavy atom. The maximum absolute atomic E-state index is 13.6. The largest absolute Gasteiger partial charge is 0.386 e. The number of rotatable bonds is 14. The molecule has 1 aromatic carbocycles. The molecule has 0 saturated carbocycles. The minimum absolute atomic E-state index is 0.0995. The summed E-state index contributed by atoms with van der Waals surface area (Å²) in [5.41, 5.74) is 6.33. The Labute approximate surface area is 230 Å². The minimum atomic E-state index is -0.122. The van der Waals surface area contributed by atoms with Gasteiger partial charge in [0.2, 0.25) is 0 Å². The zero-order valence-corrected chi connectivity index (χ0v) is 25.4. The molecule has 0 aliphatic rings. The monoisotopic (exact) mass is 521 g/mol. The molecular formula is C32H60FN3O. The molecule has 0 aromatic heterocycles. The van der Waals surface area contributed by atoms with E-state index in [2.05, 4.69) is 84.2 Å². The summed E-state index contributed by atoms with van der Waals surface area (Å²) in [6, 6.07) is 7.08. The Morgan fingerprint density at radius 2 is 1.57 bits per heavy atom. The Hall–Kier alpha value is -2.40. The second-order valence-electron chi connectivity index (χ2n) is 9.11. The van der Waals surface area contributed by atoms with Gasteiger partial charge in [-0.05, 0) is 63.4 Å².